The van der Waals surface area contributed by atoms with Crippen LogP contribution in [0.5, 0.6) is 0 Å². The van der Waals surface area contributed by atoms with Crippen LogP contribution in [0, 0.1) is 9.39 Å². The first-order valence-corrected chi connectivity index (χ1v) is 8.40. The fraction of sp³-hybridized carbons (Fsp3) is 0.250. The predicted octanol–water partition coefficient (Wildman–Crippen LogP) is 5.09. The number of nitrogens with one attached hydrogen (secondary N) is 1. The van der Waals surface area contributed by atoms with Gasteiger partial charge in [0.2, 0.25) is 0 Å². The third-order valence-corrected chi connectivity index (χ3v) is 4.30. The van der Waals surface area contributed by atoms with Gasteiger partial charge in [-0.15, -0.1) is 0 Å². The Labute approximate surface area is 141 Å². The summed E-state index contributed by atoms with van der Waals surface area (Å²) in [4.78, 5) is 0. The second-order valence-corrected chi connectivity index (χ2v) is 6.77. The second-order valence-electron chi connectivity index (χ2n) is 4.61. The zero-order chi connectivity index (χ0) is 14.5. The fourth-order valence-corrected chi connectivity index (χ4v) is 3.17. The van der Waals surface area contributed by atoms with Crippen LogP contribution in [0.1, 0.15) is 24.1 Å². The van der Waals surface area contributed by atoms with Crippen molar-refractivity contribution in [2.45, 2.75) is 19.4 Å². The highest BCUT2D eigenvalue weighted by Gasteiger charge is 2.14. The molecule has 106 valence electrons. The fourth-order valence-electron chi connectivity index (χ4n) is 2.20. The molecule has 0 saturated carbocycles. The Morgan fingerprint density at radius 2 is 2.05 bits per heavy atom. The van der Waals surface area contributed by atoms with E-state index in [1.54, 1.807) is 6.07 Å². The van der Waals surface area contributed by atoms with Gasteiger partial charge in [0.15, 0.2) is 0 Å². The van der Waals surface area contributed by atoms with Crippen LogP contribution in [0.4, 0.5) is 4.39 Å². The number of hydrogen-bond donors (Lipinski definition) is 1. The monoisotopic (exact) mass is 447 g/mol. The molecule has 1 nitrogen and oxygen atoms in total. The Bertz CT molecular complexity index is 588. The van der Waals surface area contributed by atoms with E-state index in [2.05, 4.69) is 69.0 Å². The van der Waals surface area contributed by atoms with E-state index in [1.165, 1.54) is 15.2 Å². The van der Waals surface area contributed by atoms with Crippen molar-refractivity contribution in [2.75, 3.05) is 6.54 Å². The van der Waals surface area contributed by atoms with Gasteiger partial charge in [0.25, 0.3) is 0 Å². The summed E-state index contributed by atoms with van der Waals surface area (Å²) < 4.78 is 16.0. The van der Waals surface area contributed by atoms with E-state index in [0.29, 0.717) is 6.42 Å². The van der Waals surface area contributed by atoms with Crippen molar-refractivity contribution in [1.82, 2.24) is 5.32 Å². The van der Waals surface area contributed by atoms with Crippen LogP contribution >= 0.6 is 38.5 Å². The zero-order valence-electron chi connectivity index (χ0n) is 11.2. The topological polar surface area (TPSA) is 12.0 Å². The van der Waals surface area contributed by atoms with Crippen LogP contribution < -0.4 is 5.32 Å². The molecule has 0 fully saturated rings. The minimum Gasteiger partial charge on any atom is -0.310 e. The lowest BCUT2D eigenvalue weighted by atomic mass is 9.98. The molecule has 0 amide bonds. The average molecular weight is 448 g/mol. The van der Waals surface area contributed by atoms with E-state index in [1.807, 2.05) is 12.1 Å². The quantitative estimate of drug-likeness (QED) is 0.629. The van der Waals surface area contributed by atoms with Crippen LogP contribution in [-0.4, -0.2) is 6.54 Å². The lowest BCUT2D eigenvalue weighted by Gasteiger charge is -2.19. The zero-order valence-corrected chi connectivity index (χ0v) is 14.9. The molecule has 1 unspecified atom stereocenters. The highest BCUT2D eigenvalue weighted by molar-refractivity contribution is 14.1. The van der Waals surface area contributed by atoms with E-state index >= 15 is 0 Å². The van der Waals surface area contributed by atoms with Crippen molar-refractivity contribution in [3.05, 3.63) is 67.5 Å². The number of rotatable bonds is 5. The van der Waals surface area contributed by atoms with Crippen molar-refractivity contribution >= 4 is 38.5 Å². The lowest BCUT2D eigenvalue weighted by Crippen LogP contribution is -2.23. The van der Waals surface area contributed by atoms with Gasteiger partial charge in [0.05, 0.1) is 0 Å². The number of benzene rings is 2. The second kappa shape index (κ2) is 7.52. The minimum atomic E-state index is -0.151. The SMILES string of the molecule is CCNC(Cc1cc(Br)ccc1F)c1cccc(I)c1. The van der Waals surface area contributed by atoms with Crippen LogP contribution in [0.25, 0.3) is 0 Å². The first-order valence-electron chi connectivity index (χ1n) is 6.53. The molecule has 2 rings (SSSR count). The van der Waals surface area contributed by atoms with E-state index in [0.717, 1.165) is 16.6 Å². The third kappa shape index (κ3) is 4.27. The molecular weight excluding hydrogens is 432 g/mol. The summed E-state index contributed by atoms with van der Waals surface area (Å²) in [5.74, 6) is -0.151. The normalized spacial score (nSPS) is 12.4. The maximum absolute atomic E-state index is 13.9. The molecule has 0 saturated heterocycles. The molecule has 0 aliphatic heterocycles. The molecule has 1 N–H and O–H groups in total. The van der Waals surface area contributed by atoms with Gasteiger partial charge in [0, 0.05) is 14.1 Å². The summed E-state index contributed by atoms with van der Waals surface area (Å²) in [6, 6.07) is 13.6. The van der Waals surface area contributed by atoms with Crippen LogP contribution in [0.3, 0.4) is 0 Å². The van der Waals surface area contributed by atoms with E-state index < -0.39 is 0 Å². The predicted molar refractivity (Wildman–Crippen MR) is 93.4 cm³/mol. The summed E-state index contributed by atoms with van der Waals surface area (Å²) in [6.45, 7) is 2.92. The first kappa shape index (κ1) is 15.9. The molecule has 0 aliphatic carbocycles. The first-order chi connectivity index (χ1) is 9.60. The van der Waals surface area contributed by atoms with Gasteiger partial charge in [-0.05, 0) is 77.0 Å². The molecule has 0 aromatic heterocycles. The molecule has 2 aromatic rings. The van der Waals surface area contributed by atoms with Crippen LogP contribution in [0.2, 0.25) is 0 Å². The van der Waals surface area contributed by atoms with Gasteiger partial charge in [-0.1, -0.05) is 35.0 Å². The molecule has 2 aromatic carbocycles. The lowest BCUT2D eigenvalue weighted by molar-refractivity contribution is 0.527. The Hall–Kier alpha value is -0.460. The van der Waals surface area contributed by atoms with Gasteiger partial charge in [0.1, 0.15) is 5.82 Å². The largest absolute Gasteiger partial charge is 0.310 e. The summed E-state index contributed by atoms with van der Waals surface area (Å²) >= 11 is 5.71. The summed E-state index contributed by atoms with van der Waals surface area (Å²) in [5, 5.41) is 3.44. The Morgan fingerprint density at radius 1 is 1.25 bits per heavy atom. The van der Waals surface area contributed by atoms with Crippen molar-refractivity contribution in [3.63, 3.8) is 0 Å². The number of likely N-dealkylation sites (N-methyl/N-ethyl adjacent to an activating group) is 1. The van der Waals surface area contributed by atoms with Gasteiger partial charge in [-0.2, -0.15) is 0 Å². The van der Waals surface area contributed by atoms with E-state index in [4.69, 9.17) is 0 Å². The molecule has 0 heterocycles. The highest BCUT2D eigenvalue weighted by Crippen LogP contribution is 2.24. The van der Waals surface area contributed by atoms with Crippen LogP contribution in [0.15, 0.2) is 46.9 Å². The van der Waals surface area contributed by atoms with E-state index in [-0.39, 0.29) is 11.9 Å². The highest BCUT2D eigenvalue weighted by atomic mass is 127. The van der Waals surface area contributed by atoms with Gasteiger partial charge in [-0.25, -0.2) is 4.39 Å². The van der Waals surface area contributed by atoms with Crippen LogP contribution in [-0.2, 0) is 6.42 Å². The van der Waals surface area contributed by atoms with Gasteiger partial charge < -0.3 is 5.32 Å². The average Bonchev–Trinajstić information content (AvgIpc) is 2.42. The van der Waals surface area contributed by atoms with Crippen molar-refractivity contribution in [3.8, 4) is 0 Å². The third-order valence-electron chi connectivity index (χ3n) is 3.13. The van der Waals surface area contributed by atoms with Crippen molar-refractivity contribution < 1.29 is 4.39 Å². The molecule has 20 heavy (non-hydrogen) atoms. The maximum atomic E-state index is 13.9. The maximum Gasteiger partial charge on any atom is 0.126 e. The van der Waals surface area contributed by atoms with Crippen molar-refractivity contribution in [1.29, 1.82) is 0 Å². The Kier molecular flexibility index (Phi) is 5.99. The molecule has 1 atom stereocenters. The van der Waals surface area contributed by atoms with Crippen molar-refractivity contribution in [2.24, 2.45) is 0 Å². The standard InChI is InChI=1S/C16H16BrFIN/c1-2-20-16(11-4-3-5-14(19)9-11)10-12-8-13(17)6-7-15(12)18/h3-9,16,20H,2,10H2,1H3. The molecule has 0 aliphatic rings. The molecular formula is C16H16BrFIN. The number of hydrogen-bond acceptors (Lipinski definition) is 1. The Morgan fingerprint density at radius 3 is 2.75 bits per heavy atom. The van der Waals surface area contributed by atoms with E-state index in [9.17, 15) is 4.39 Å². The number of halogens is 3. The molecule has 0 bridgehead atoms. The summed E-state index contributed by atoms with van der Waals surface area (Å²) in [7, 11) is 0. The molecule has 4 heteroatoms. The minimum absolute atomic E-state index is 0.124. The smallest absolute Gasteiger partial charge is 0.126 e. The molecule has 0 radical (unpaired) electrons. The van der Waals surface area contributed by atoms with Gasteiger partial charge in [-0.3, -0.25) is 0 Å². The van der Waals surface area contributed by atoms with Gasteiger partial charge >= 0.3 is 0 Å². The summed E-state index contributed by atoms with van der Waals surface area (Å²) in [5.41, 5.74) is 1.92. The summed E-state index contributed by atoms with van der Waals surface area (Å²) in [6.07, 6.45) is 0.638. The molecule has 0 spiro atoms. The Balaban J connectivity index is 2.27.